The van der Waals surface area contributed by atoms with Crippen molar-refractivity contribution in [3.63, 3.8) is 0 Å². The lowest BCUT2D eigenvalue weighted by Gasteiger charge is -2.02. The number of hydrogen-bond acceptors (Lipinski definition) is 4. The Kier molecular flexibility index (Phi) is 3.53. The van der Waals surface area contributed by atoms with Gasteiger partial charge in [-0.05, 0) is 45.2 Å². The fourth-order valence-corrected chi connectivity index (χ4v) is 2.39. The summed E-state index contributed by atoms with van der Waals surface area (Å²) in [5.41, 5.74) is 3.91. The second-order valence-electron chi connectivity index (χ2n) is 5.55. The third-order valence-electron chi connectivity index (χ3n) is 3.70. The molecule has 1 heterocycles. The van der Waals surface area contributed by atoms with Crippen molar-refractivity contribution in [3.05, 3.63) is 40.8 Å². The Labute approximate surface area is 124 Å². The van der Waals surface area contributed by atoms with Gasteiger partial charge >= 0.3 is 5.97 Å². The monoisotopic (exact) mass is 285 g/mol. The summed E-state index contributed by atoms with van der Waals surface area (Å²) in [6.07, 6.45) is 2.12. The van der Waals surface area contributed by atoms with Gasteiger partial charge < -0.3 is 9.15 Å². The van der Waals surface area contributed by atoms with Crippen molar-refractivity contribution in [2.45, 2.75) is 39.5 Å². The van der Waals surface area contributed by atoms with Crippen LogP contribution in [0.2, 0.25) is 0 Å². The summed E-state index contributed by atoms with van der Waals surface area (Å²) in [5.74, 6) is 0.715. The van der Waals surface area contributed by atoms with Crippen molar-refractivity contribution in [1.82, 2.24) is 4.98 Å². The molecule has 0 radical (unpaired) electrons. The Morgan fingerprint density at radius 2 is 2.14 bits per heavy atom. The molecule has 4 nitrogen and oxygen atoms in total. The van der Waals surface area contributed by atoms with E-state index in [-0.39, 0.29) is 5.76 Å². The molecule has 0 unspecified atom stereocenters. The highest BCUT2D eigenvalue weighted by Crippen LogP contribution is 2.42. The van der Waals surface area contributed by atoms with E-state index in [2.05, 4.69) is 11.1 Å². The van der Waals surface area contributed by atoms with Gasteiger partial charge in [-0.1, -0.05) is 17.7 Å². The highest BCUT2D eigenvalue weighted by molar-refractivity contribution is 5.88. The maximum Gasteiger partial charge on any atom is 0.376 e. The number of carbonyl (C=O) groups excluding carboxylic acids is 1. The Bertz CT molecular complexity index is 683. The van der Waals surface area contributed by atoms with Crippen molar-refractivity contribution in [1.29, 1.82) is 0 Å². The summed E-state index contributed by atoms with van der Waals surface area (Å²) < 4.78 is 10.8. The summed E-state index contributed by atoms with van der Waals surface area (Å²) in [5, 5.41) is 0. The van der Waals surface area contributed by atoms with E-state index in [9.17, 15) is 4.79 Å². The van der Waals surface area contributed by atoms with Crippen molar-refractivity contribution in [2.75, 3.05) is 6.61 Å². The molecule has 0 amide bonds. The van der Waals surface area contributed by atoms with E-state index in [1.54, 1.807) is 6.92 Å². The average Bonchev–Trinajstić information content (AvgIpc) is 3.21. The molecule has 110 valence electrons. The normalized spacial score (nSPS) is 14.2. The number of esters is 1. The summed E-state index contributed by atoms with van der Waals surface area (Å²) >= 11 is 0. The molecule has 1 aromatic heterocycles. The summed E-state index contributed by atoms with van der Waals surface area (Å²) in [6.45, 7) is 6.17. The number of carbonyl (C=O) groups is 1. The minimum absolute atomic E-state index is 0.273. The first-order valence-corrected chi connectivity index (χ1v) is 7.35. The summed E-state index contributed by atoms with van der Waals surface area (Å²) in [6, 6.07) is 6.12. The van der Waals surface area contributed by atoms with Crippen molar-refractivity contribution < 1.29 is 13.9 Å². The highest BCUT2D eigenvalue weighted by Gasteiger charge is 2.34. The van der Waals surface area contributed by atoms with Gasteiger partial charge in [0.25, 0.3) is 0 Å². The van der Waals surface area contributed by atoms with E-state index in [4.69, 9.17) is 9.15 Å². The zero-order chi connectivity index (χ0) is 15.0. The standard InChI is InChI=1S/C17H19NO3/c1-4-20-17(19)15-14(12-7-8-12)18-16(21-15)13-9-10(2)5-6-11(13)3/h5-6,9,12H,4,7-8H2,1-3H3. The molecule has 1 fully saturated rings. The maximum atomic E-state index is 12.0. The quantitative estimate of drug-likeness (QED) is 0.796. The van der Waals surface area contributed by atoms with E-state index >= 15 is 0 Å². The molecular formula is C17H19NO3. The second-order valence-corrected chi connectivity index (χ2v) is 5.55. The third-order valence-corrected chi connectivity index (χ3v) is 3.70. The van der Waals surface area contributed by atoms with Gasteiger partial charge in [0.2, 0.25) is 11.7 Å². The Balaban J connectivity index is 2.05. The zero-order valence-electron chi connectivity index (χ0n) is 12.6. The highest BCUT2D eigenvalue weighted by atomic mass is 16.5. The van der Waals surface area contributed by atoms with Crippen molar-refractivity contribution >= 4 is 5.97 Å². The first kappa shape index (κ1) is 13.9. The van der Waals surface area contributed by atoms with Gasteiger partial charge in [-0.25, -0.2) is 9.78 Å². The Hall–Kier alpha value is -2.10. The summed E-state index contributed by atoms with van der Waals surface area (Å²) in [4.78, 5) is 16.6. The van der Waals surface area contributed by atoms with Gasteiger partial charge in [0.1, 0.15) is 0 Å². The van der Waals surface area contributed by atoms with E-state index < -0.39 is 5.97 Å². The minimum atomic E-state index is -0.413. The first-order chi connectivity index (χ1) is 10.1. The van der Waals surface area contributed by atoms with E-state index in [0.717, 1.165) is 35.2 Å². The van der Waals surface area contributed by atoms with Gasteiger partial charge in [0, 0.05) is 11.5 Å². The zero-order valence-corrected chi connectivity index (χ0v) is 12.6. The van der Waals surface area contributed by atoms with Crippen LogP contribution in [0.25, 0.3) is 11.5 Å². The van der Waals surface area contributed by atoms with Gasteiger partial charge in [0.05, 0.1) is 12.3 Å². The molecule has 4 heteroatoms. The fourth-order valence-electron chi connectivity index (χ4n) is 2.39. The molecule has 2 aromatic rings. The predicted octanol–water partition coefficient (Wildman–Crippen LogP) is 4.01. The smallest absolute Gasteiger partial charge is 0.376 e. The number of oxazole rings is 1. The van der Waals surface area contributed by atoms with Crippen LogP contribution in [-0.4, -0.2) is 17.6 Å². The Morgan fingerprint density at radius 1 is 1.38 bits per heavy atom. The van der Waals surface area contributed by atoms with Gasteiger partial charge in [-0.15, -0.1) is 0 Å². The lowest BCUT2D eigenvalue weighted by Crippen LogP contribution is -2.05. The maximum absolute atomic E-state index is 12.0. The number of ether oxygens (including phenoxy) is 1. The predicted molar refractivity (Wildman–Crippen MR) is 79.3 cm³/mol. The van der Waals surface area contributed by atoms with Gasteiger partial charge in [-0.2, -0.15) is 0 Å². The van der Waals surface area contributed by atoms with Crippen LogP contribution in [0.5, 0.6) is 0 Å². The number of nitrogens with zero attached hydrogens (tertiary/aromatic N) is 1. The molecule has 0 bridgehead atoms. The van der Waals surface area contributed by atoms with Gasteiger partial charge in [-0.3, -0.25) is 0 Å². The lowest BCUT2D eigenvalue weighted by molar-refractivity contribution is 0.0489. The number of hydrogen-bond donors (Lipinski definition) is 0. The van der Waals surface area contributed by atoms with Crippen LogP contribution in [0.1, 0.15) is 53.1 Å². The van der Waals surface area contributed by atoms with Crippen LogP contribution in [-0.2, 0) is 4.74 Å². The molecule has 0 aliphatic heterocycles. The minimum Gasteiger partial charge on any atom is -0.460 e. The molecule has 1 saturated carbocycles. The van der Waals surface area contributed by atoms with E-state index in [1.807, 2.05) is 26.0 Å². The van der Waals surface area contributed by atoms with E-state index in [1.165, 1.54) is 0 Å². The third kappa shape index (κ3) is 2.71. The molecule has 1 aliphatic rings. The molecule has 1 aromatic carbocycles. The molecule has 3 rings (SSSR count). The molecule has 0 saturated heterocycles. The second kappa shape index (κ2) is 5.35. The topological polar surface area (TPSA) is 52.3 Å². The number of aryl methyl sites for hydroxylation is 2. The van der Waals surface area contributed by atoms with Crippen LogP contribution in [0.3, 0.4) is 0 Å². The van der Waals surface area contributed by atoms with Crippen LogP contribution in [0.4, 0.5) is 0 Å². The number of rotatable bonds is 4. The van der Waals surface area contributed by atoms with Crippen LogP contribution in [0, 0.1) is 13.8 Å². The van der Waals surface area contributed by atoms with E-state index in [0.29, 0.717) is 18.4 Å². The fraction of sp³-hybridized carbons (Fsp3) is 0.412. The largest absolute Gasteiger partial charge is 0.460 e. The molecular weight excluding hydrogens is 266 g/mol. The lowest BCUT2D eigenvalue weighted by atomic mass is 10.1. The molecule has 0 spiro atoms. The molecule has 0 N–H and O–H groups in total. The Morgan fingerprint density at radius 3 is 2.81 bits per heavy atom. The van der Waals surface area contributed by atoms with Crippen LogP contribution >= 0.6 is 0 Å². The molecule has 1 aliphatic carbocycles. The SMILES string of the molecule is CCOC(=O)c1oc(-c2cc(C)ccc2C)nc1C1CC1. The summed E-state index contributed by atoms with van der Waals surface area (Å²) in [7, 11) is 0. The molecule has 0 atom stereocenters. The van der Waals surface area contributed by atoms with Crippen LogP contribution in [0.15, 0.2) is 22.6 Å². The van der Waals surface area contributed by atoms with Crippen molar-refractivity contribution in [2.24, 2.45) is 0 Å². The van der Waals surface area contributed by atoms with Gasteiger partial charge in [0.15, 0.2) is 0 Å². The average molecular weight is 285 g/mol. The first-order valence-electron chi connectivity index (χ1n) is 7.35. The number of aromatic nitrogens is 1. The number of benzene rings is 1. The van der Waals surface area contributed by atoms with Crippen molar-refractivity contribution in [3.8, 4) is 11.5 Å². The molecule has 21 heavy (non-hydrogen) atoms. The van der Waals surface area contributed by atoms with Crippen LogP contribution < -0.4 is 0 Å².